The van der Waals surface area contributed by atoms with Crippen molar-refractivity contribution >= 4 is 69.8 Å². The molecule has 0 amide bonds. The van der Waals surface area contributed by atoms with Crippen LogP contribution < -0.4 is 0 Å². The molecule has 1 radical (unpaired) electrons. The molecule has 0 aliphatic heterocycles. The van der Waals surface area contributed by atoms with Gasteiger partial charge in [-0.15, -0.1) is 0 Å². The van der Waals surface area contributed by atoms with Gasteiger partial charge < -0.3 is 10.2 Å². The van der Waals surface area contributed by atoms with Crippen LogP contribution in [-0.2, 0) is 9.59 Å². The zero-order valence-electron chi connectivity index (χ0n) is 5.87. The van der Waals surface area contributed by atoms with Crippen LogP contribution in [0, 0.1) is 0 Å². The second kappa shape index (κ2) is 4.30. The van der Waals surface area contributed by atoms with Crippen molar-refractivity contribution in [2.45, 2.75) is 0 Å². The van der Waals surface area contributed by atoms with Crippen LogP contribution in [0.2, 0.25) is 0 Å². The molecular formula is C6H4O4Rb. The van der Waals surface area contributed by atoms with Crippen molar-refractivity contribution in [1.29, 1.82) is 0 Å². The van der Waals surface area contributed by atoms with E-state index < -0.39 is 23.1 Å². The molecule has 2 N–H and O–H groups in total. The van der Waals surface area contributed by atoms with Gasteiger partial charge in [-0.25, -0.2) is 0 Å². The first kappa shape index (κ1) is 11.2. The Bertz CT molecular complexity index is 236. The van der Waals surface area contributed by atoms with Crippen molar-refractivity contribution in [3.63, 3.8) is 0 Å². The van der Waals surface area contributed by atoms with Crippen molar-refractivity contribution < 1.29 is 19.8 Å². The van der Waals surface area contributed by atoms with E-state index >= 15 is 0 Å². The molecule has 1 aliphatic carbocycles. The predicted molar refractivity (Wildman–Crippen MR) is 37.2 cm³/mol. The normalized spacial score (nSPS) is 16.7. The van der Waals surface area contributed by atoms with Crippen molar-refractivity contribution in [2.75, 3.05) is 0 Å². The summed E-state index contributed by atoms with van der Waals surface area (Å²) in [6.45, 7) is 0. The number of hydrogen-bond acceptors (Lipinski definition) is 4. The Morgan fingerprint density at radius 3 is 1.45 bits per heavy atom. The summed E-state index contributed by atoms with van der Waals surface area (Å²) < 4.78 is 0. The second-order valence-corrected chi connectivity index (χ2v) is 1.79. The minimum absolute atomic E-state index is 0. The van der Waals surface area contributed by atoms with E-state index in [1.807, 2.05) is 0 Å². The van der Waals surface area contributed by atoms with E-state index in [1.54, 1.807) is 0 Å². The van der Waals surface area contributed by atoms with Crippen LogP contribution in [0.25, 0.3) is 0 Å². The minimum atomic E-state index is -0.753. The molecule has 11 heavy (non-hydrogen) atoms. The van der Waals surface area contributed by atoms with Crippen LogP contribution in [0.1, 0.15) is 0 Å². The van der Waals surface area contributed by atoms with E-state index in [9.17, 15) is 9.59 Å². The van der Waals surface area contributed by atoms with Crippen molar-refractivity contribution in [3.8, 4) is 0 Å². The summed E-state index contributed by atoms with van der Waals surface area (Å²) in [5.41, 5.74) is 0. The van der Waals surface area contributed by atoms with Crippen LogP contribution in [0.4, 0.5) is 0 Å². The van der Waals surface area contributed by atoms with Gasteiger partial charge in [0.2, 0.25) is 11.6 Å². The van der Waals surface area contributed by atoms with E-state index in [0.717, 1.165) is 0 Å². The Labute approximate surface area is 111 Å². The summed E-state index contributed by atoms with van der Waals surface area (Å²) in [6.07, 6.45) is 1.36. The van der Waals surface area contributed by atoms with E-state index in [1.165, 1.54) is 0 Å². The maximum absolute atomic E-state index is 10.4. The molecule has 0 aromatic rings. The third-order valence-corrected chi connectivity index (χ3v) is 1.04. The Morgan fingerprint density at radius 2 is 1.18 bits per heavy atom. The number of aliphatic hydroxyl groups is 2. The fourth-order valence-electron chi connectivity index (χ4n) is 0.538. The summed E-state index contributed by atoms with van der Waals surface area (Å²) in [5.74, 6) is -2.78. The van der Waals surface area contributed by atoms with Gasteiger partial charge in [-0.2, -0.15) is 0 Å². The van der Waals surface area contributed by atoms with E-state index in [0.29, 0.717) is 12.2 Å². The fourth-order valence-corrected chi connectivity index (χ4v) is 0.538. The monoisotopic (exact) mass is 225 g/mol. The standard InChI is InChI=1S/C6H4O4.Rb/c7-3-1-4(8)6(10)2-5(3)9;/h1-2,7,10H;. The number of rotatable bonds is 0. The summed E-state index contributed by atoms with van der Waals surface area (Å²) in [5, 5.41) is 17.2. The maximum Gasteiger partial charge on any atom is 0.224 e. The number of carbonyl (C=O) groups is 2. The Balaban J connectivity index is 0.000001000. The number of allylic oxidation sites excluding steroid dienone is 2. The first-order chi connectivity index (χ1) is 4.61. The number of ketones is 2. The largest absolute Gasteiger partial charge is 0.504 e. The van der Waals surface area contributed by atoms with Crippen molar-refractivity contribution in [3.05, 3.63) is 23.7 Å². The third kappa shape index (κ3) is 2.63. The predicted octanol–water partition coefficient (Wildman–Crippen LogP) is -0.359. The summed E-state index contributed by atoms with van der Waals surface area (Å²) >= 11 is 0. The van der Waals surface area contributed by atoms with E-state index in [2.05, 4.69) is 0 Å². The van der Waals surface area contributed by atoms with Crippen LogP contribution in [0.5, 0.6) is 0 Å². The molecule has 0 saturated carbocycles. The molecule has 0 bridgehead atoms. The van der Waals surface area contributed by atoms with Crippen LogP contribution >= 0.6 is 0 Å². The molecule has 0 aromatic carbocycles. The smallest absolute Gasteiger partial charge is 0.224 e. The molecule has 0 atom stereocenters. The van der Waals surface area contributed by atoms with Gasteiger partial charge >= 0.3 is 0 Å². The molecule has 1 aliphatic rings. The van der Waals surface area contributed by atoms with Crippen LogP contribution in [-0.4, -0.2) is 80.0 Å². The maximum atomic E-state index is 10.4. The number of aliphatic hydroxyl groups excluding tert-OH is 2. The molecule has 0 fully saturated rings. The van der Waals surface area contributed by atoms with Gasteiger partial charge in [0.05, 0.1) is 0 Å². The third-order valence-electron chi connectivity index (χ3n) is 1.04. The first-order valence-electron chi connectivity index (χ1n) is 2.51. The zero-order chi connectivity index (χ0) is 7.72. The summed E-state index contributed by atoms with van der Waals surface area (Å²) in [7, 11) is 0. The summed E-state index contributed by atoms with van der Waals surface area (Å²) in [6, 6.07) is 0. The number of carbonyl (C=O) groups excluding carboxylic acids is 2. The molecule has 0 heterocycles. The first-order valence-corrected chi connectivity index (χ1v) is 2.51. The molecule has 53 valence electrons. The van der Waals surface area contributed by atoms with Gasteiger partial charge in [0, 0.05) is 70.3 Å². The Hall–Kier alpha value is 0.225. The van der Waals surface area contributed by atoms with Crippen molar-refractivity contribution in [2.24, 2.45) is 0 Å². The Morgan fingerprint density at radius 1 is 0.909 bits per heavy atom. The molecule has 0 saturated heterocycles. The average Bonchev–Trinajstić information content (AvgIpc) is 1.84. The topological polar surface area (TPSA) is 74.6 Å². The molecule has 0 aromatic heterocycles. The van der Waals surface area contributed by atoms with Gasteiger partial charge in [-0.1, -0.05) is 0 Å². The fraction of sp³-hybridized carbons (Fsp3) is 0. The van der Waals surface area contributed by atoms with Crippen molar-refractivity contribution in [1.82, 2.24) is 0 Å². The van der Waals surface area contributed by atoms with Crippen LogP contribution in [0.3, 0.4) is 0 Å². The average molecular weight is 226 g/mol. The quantitative estimate of drug-likeness (QED) is 0.552. The van der Waals surface area contributed by atoms with Gasteiger partial charge in [-0.05, 0) is 0 Å². The van der Waals surface area contributed by atoms with E-state index in [4.69, 9.17) is 10.2 Å². The van der Waals surface area contributed by atoms with Gasteiger partial charge in [-0.3, -0.25) is 9.59 Å². The Kier molecular flexibility index (Phi) is 4.39. The molecule has 4 nitrogen and oxygen atoms in total. The van der Waals surface area contributed by atoms with Crippen LogP contribution in [0.15, 0.2) is 23.7 Å². The molecule has 5 heteroatoms. The van der Waals surface area contributed by atoms with Gasteiger partial charge in [0.1, 0.15) is 0 Å². The molecule has 0 spiro atoms. The van der Waals surface area contributed by atoms with Gasteiger partial charge in [0.15, 0.2) is 11.5 Å². The van der Waals surface area contributed by atoms with Gasteiger partial charge in [0.25, 0.3) is 0 Å². The minimum Gasteiger partial charge on any atom is -0.504 e. The molecular weight excluding hydrogens is 222 g/mol. The number of hydrogen-bond donors (Lipinski definition) is 2. The SMILES string of the molecule is O=C1C=C(O)C(=O)C=C1O.[Rb]. The molecule has 0 unspecified atom stereocenters. The summed E-state index contributed by atoms with van der Waals surface area (Å²) in [4.78, 5) is 20.9. The van der Waals surface area contributed by atoms with E-state index in [-0.39, 0.29) is 58.2 Å². The molecule has 1 rings (SSSR count). The second-order valence-electron chi connectivity index (χ2n) is 1.79. The zero-order valence-corrected chi connectivity index (χ0v) is 10.8.